The molecule has 2 rings (SSSR count). The van der Waals surface area contributed by atoms with Gasteiger partial charge in [0.2, 0.25) is 10.0 Å². The molecule has 0 spiro atoms. The molecule has 5 nitrogen and oxygen atoms in total. The number of piperidine rings is 1. The Hall–Kier alpha value is -0.170. The number of hydrogen-bond acceptors (Lipinski definition) is 4. The number of nitrogens with zero attached hydrogens (tertiary/aromatic N) is 2. The topological polar surface area (TPSA) is 52.7 Å². The fourth-order valence-corrected chi connectivity index (χ4v) is 5.14. The van der Waals surface area contributed by atoms with Crippen molar-refractivity contribution in [3.63, 3.8) is 0 Å². The molecule has 0 aliphatic carbocycles. The van der Waals surface area contributed by atoms with Gasteiger partial charge >= 0.3 is 0 Å². The highest BCUT2D eigenvalue weighted by molar-refractivity contribution is 7.89. The van der Waals surface area contributed by atoms with E-state index in [1.54, 1.807) is 4.31 Å². The zero-order chi connectivity index (χ0) is 15.6. The van der Waals surface area contributed by atoms with Crippen LogP contribution in [0.3, 0.4) is 0 Å². The largest absolute Gasteiger partial charge is 0.313 e. The Morgan fingerprint density at radius 2 is 1.90 bits per heavy atom. The predicted molar refractivity (Wildman–Crippen MR) is 86.9 cm³/mol. The van der Waals surface area contributed by atoms with Crippen LogP contribution in [0.4, 0.5) is 0 Å². The molecule has 21 heavy (non-hydrogen) atoms. The third-order valence-electron chi connectivity index (χ3n) is 4.78. The van der Waals surface area contributed by atoms with E-state index < -0.39 is 10.0 Å². The highest BCUT2D eigenvalue weighted by Crippen LogP contribution is 2.27. The Labute approximate surface area is 130 Å². The molecule has 3 unspecified atom stereocenters. The van der Waals surface area contributed by atoms with Gasteiger partial charge < -0.3 is 5.32 Å². The zero-order valence-electron chi connectivity index (χ0n) is 13.9. The minimum Gasteiger partial charge on any atom is -0.313 e. The number of sulfonamides is 1. The molecule has 124 valence electrons. The van der Waals surface area contributed by atoms with Gasteiger partial charge in [0.15, 0.2) is 0 Å². The summed E-state index contributed by atoms with van der Waals surface area (Å²) in [6, 6.07) is 0.830. The van der Waals surface area contributed by atoms with Crippen LogP contribution in [-0.4, -0.2) is 67.2 Å². The van der Waals surface area contributed by atoms with Gasteiger partial charge in [-0.15, -0.1) is 0 Å². The van der Waals surface area contributed by atoms with Crippen molar-refractivity contribution >= 4 is 10.0 Å². The molecule has 0 aromatic rings. The summed E-state index contributed by atoms with van der Waals surface area (Å²) in [5.74, 6) is 0. The highest BCUT2D eigenvalue weighted by atomic mass is 32.2. The summed E-state index contributed by atoms with van der Waals surface area (Å²) in [5.41, 5.74) is 0. The zero-order valence-corrected chi connectivity index (χ0v) is 14.7. The minimum absolute atomic E-state index is 0.0887. The standard InChI is InChI=1S/C15H31N3O2S/c1-12(2)16-9-14(4)21(19,20)18-11-15-7-5-6-8-17(15)10-13(18)3/h12-16H,5-11H2,1-4H3. The molecule has 1 N–H and O–H groups in total. The van der Waals surface area contributed by atoms with Gasteiger partial charge in [0, 0.05) is 37.8 Å². The van der Waals surface area contributed by atoms with E-state index in [4.69, 9.17) is 0 Å². The summed E-state index contributed by atoms with van der Waals surface area (Å²) < 4.78 is 27.5. The van der Waals surface area contributed by atoms with Crippen LogP contribution in [0.5, 0.6) is 0 Å². The van der Waals surface area contributed by atoms with E-state index in [2.05, 4.69) is 10.2 Å². The molecule has 0 amide bonds. The first-order chi connectivity index (χ1) is 9.82. The molecule has 2 heterocycles. The highest BCUT2D eigenvalue weighted by Gasteiger charge is 2.40. The lowest BCUT2D eigenvalue weighted by molar-refractivity contribution is 0.0560. The van der Waals surface area contributed by atoms with Crippen LogP contribution >= 0.6 is 0 Å². The van der Waals surface area contributed by atoms with Crippen LogP contribution in [0.25, 0.3) is 0 Å². The number of piperazine rings is 1. The third-order valence-corrected chi connectivity index (χ3v) is 7.13. The Morgan fingerprint density at radius 3 is 2.57 bits per heavy atom. The first kappa shape index (κ1) is 17.2. The molecule has 3 atom stereocenters. The average molecular weight is 317 g/mol. The van der Waals surface area contributed by atoms with Gasteiger partial charge in [0.1, 0.15) is 0 Å². The first-order valence-corrected chi connectivity index (χ1v) is 9.80. The van der Waals surface area contributed by atoms with E-state index in [-0.39, 0.29) is 11.3 Å². The van der Waals surface area contributed by atoms with Gasteiger partial charge in [-0.05, 0) is 33.2 Å². The minimum atomic E-state index is -3.21. The van der Waals surface area contributed by atoms with Crippen molar-refractivity contribution in [2.45, 2.75) is 70.3 Å². The Kier molecular flexibility index (Phi) is 5.68. The van der Waals surface area contributed by atoms with Crippen LogP contribution in [0.15, 0.2) is 0 Å². The fraction of sp³-hybridized carbons (Fsp3) is 1.00. The van der Waals surface area contributed by atoms with E-state index >= 15 is 0 Å². The van der Waals surface area contributed by atoms with Crippen LogP contribution in [0.2, 0.25) is 0 Å². The van der Waals surface area contributed by atoms with Gasteiger partial charge in [0.05, 0.1) is 5.25 Å². The van der Waals surface area contributed by atoms with Gasteiger partial charge in [-0.25, -0.2) is 8.42 Å². The van der Waals surface area contributed by atoms with Crippen LogP contribution in [-0.2, 0) is 10.0 Å². The molecule has 2 aliphatic rings. The van der Waals surface area contributed by atoms with Gasteiger partial charge in [-0.1, -0.05) is 20.3 Å². The van der Waals surface area contributed by atoms with Crippen LogP contribution in [0, 0.1) is 0 Å². The predicted octanol–water partition coefficient (Wildman–Crippen LogP) is 1.26. The van der Waals surface area contributed by atoms with E-state index in [9.17, 15) is 8.42 Å². The monoisotopic (exact) mass is 317 g/mol. The molecule has 2 saturated heterocycles. The lowest BCUT2D eigenvalue weighted by Gasteiger charge is -2.47. The van der Waals surface area contributed by atoms with Crippen molar-refractivity contribution in [3.05, 3.63) is 0 Å². The SMILES string of the molecule is CC(C)NCC(C)S(=O)(=O)N1CC2CCCCN2CC1C. The maximum absolute atomic E-state index is 12.9. The Morgan fingerprint density at radius 1 is 1.19 bits per heavy atom. The second-order valence-electron chi connectivity index (χ2n) is 6.98. The van der Waals surface area contributed by atoms with Gasteiger partial charge in [-0.3, -0.25) is 4.90 Å². The van der Waals surface area contributed by atoms with Crippen molar-refractivity contribution < 1.29 is 8.42 Å². The maximum Gasteiger partial charge on any atom is 0.218 e. The molecule has 6 heteroatoms. The van der Waals surface area contributed by atoms with Gasteiger partial charge in [0.25, 0.3) is 0 Å². The summed E-state index contributed by atoms with van der Waals surface area (Å²) in [6.45, 7) is 11.2. The van der Waals surface area contributed by atoms with Crippen molar-refractivity contribution in [1.29, 1.82) is 0 Å². The average Bonchev–Trinajstić information content (AvgIpc) is 2.43. The molecule has 0 aromatic heterocycles. The van der Waals surface area contributed by atoms with Crippen molar-refractivity contribution in [3.8, 4) is 0 Å². The molecule has 2 fully saturated rings. The fourth-order valence-electron chi connectivity index (χ4n) is 3.42. The number of hydrogen-bond donors (Lipinski definition) is 1. The maximum atomic E-state index is 12.9. The second kappa shape index (κ2) is 6.94. The molecule has 0 radical (unpaired) electrons. The van der Waals surface area contributed by atoms with E-state index in [1.807, 2.05) is 27.7 Å². The number of nitrogens with one attached hydrogen (secondary N) is 1. The second-order valence-corrected chi connectivity index (χ2v) is 9.29. The molecular formula is C15H31N3O2S. The van der Waals surface area contributed by atoms with E-state index in [0.717, 1.165) is 19.5 Å². The van der Waals surface area contributed by atoms with Crippen LogP contribution < -0.4 is 5.32 Å². The lowest BCUT2D eigenvalue weighted by Crippen LogP contribution is -2.61. The number of fused-ring (bicyclic) bond motifs is 1. The number of rotatable bonds is 5. The van der Waals surface area contributed by atoms with Crippen molar-refractivity contribution in [1.82, 2.24) is 14.5 Å². The normalized spacial score (nSPS) is 30.3. The summed E-state index contributed by atoms with van der Waals surface area (Å²) in [4.78, 5) is 2.48. The molecular weight excluding hydrogens is 286 g/mol. The van der Waals surface area contributed by atoms with Crippen molar-refractivity contribution in [2.75, 3.05) is 26.2 Å². The molecule has 0 aromatic carbocycles. The Balaban J connectivity index is 2.04. The van der Waals surface area contributed by atoms with E-state index in [0.29, 0.717) is 25.2 Å². The molecule has 0 saturated carbocycles. The van der Waals surface area contributed by atoms with Crippen LogP contribution in [0.1, 0.15) is 47.0 Å². The smallest absolute Gasteiger partial charge is 0.218 e. The lowest BCUT2D eigenvalue weighted by atomic mass is 9.99. The van der Waals surface area contributed by atoms with Gasteiger partial charge in [-0.2, -0.15) is 4.31 Å². The summed E-state index contributed by atoms with van der Waals surface area (Å²) in [5, 5.41) is 2.88. The molecule has 0 bridgehead atoms. The third kappa shape index (κ3) is 3.97. The Bertz CT molecular complexity index is 438. The summed E-state index contributed by atoms with van der Waals surface area (Å²) in [7, 11) is -3.21. The van der Waals surface area contributed by atoms with E-state index in [1.165, 1.54) is 12.8 Å². The first-order valence-electron chi connectivity index (χ1n) is 8.30. The summed E-state index contributed by atoms with van der Waals surface area (Å²) >= 11 is 0. The quantitative estimate of drug-likeness (QED) is 0.829. The molecule has 2 aliphatic heterocycles. The summed E-state index contributed by atoms with van der Waals surface area (Å²) in [6.07, 6.45) is 3.62. The van der Waals surface area contributed by atoms with Crippen molar-refractivity contribution in [2.24, 2.45) is 0 Å².